The van der Waals surface area contributed by atoms with E-state index in [1.54, 1.807) is 7.11 Å². The van der Waals surface area contributed by atoms with Crippen LogP contribution >= 0.6 is 0 Å². The van der Waals surface area contributed by atoms with Crippen LogP contribution in [0.25, 0.3) is 0 Å². The van der Waals surface area contributed by atoms with E-state index < -0.39 is 0 Å². The van der Waals surface area contributed by atoms with Crippen molar-refractivity contribution in [3.63, 3.8) is 0 Å². The van der Waals surface area contributed by atoms with E-state index in [0.29, 0.717) is 12.5 Å². The lowest BCUT2D eigenvalue weighted by atomic mass is 9.99. The molecule has 1 rings (SSSR count). The highest BCUT2D eigenvalue weighted by Crippen LogP contribution is 2.55. The fraction of sp³-hybridized carbons (Fsp3) is 0.900. The van der Waals surface area contributed by atoms with Gasteiger partial charge in [0.05, 0.1) is 12.0 Å². The van der Waals surface area contributed by atoms with Gasteiger partial charge in [0.1, 0.15) is 0 Å². The van der Waals surface area contributed by atoms with E-state index in [4.69, 9.17) is 4.74 Å². The Labute approximate surface area is 79.8 Å². The Morgan fingerprint density at radius 2 is 2.31 bits per heavy atom. The fourth-order valence-corrected chi connectivity index (χ4v) is 2.01. The molecule has 1 aliphatic carbocycles. The SMILES string of the molecule is CCNC(=O)[C@]1(CC)C[C@@H]1COC. The molecule has 0 unspecified atom stereocenters. The number of nitrogens with one attached hydrogen (secondary N) is 1. The number of methoxy groups -OCH3 is 1. The van der Waals surface area contributed by atoms with Gasteiger partial charge < -0.3 is 10.1 Å². The van der Waals surface area contributed by atoms with Crippen molar-refractivity contribution < 1.29 is 9.53 Å². The molecular weight excluding hydrogens is 166 g/mol. The van der Waals surface area contributed by atoms with E-state index in [-0.39, 0.29) is 11.3 Å². The highest BCUT2D eigenvalue weighted by Gasteiger charge is 2.57. The van der Waals surface area contributed by atoms with E-state index in [1.165, 1.54) is 0 Å². The first kappa shape index (κ1) is 10.5. The number of carbonyl (C=O) groups excluding carboxylic acids is 1. The number of carbonyl (C=O) groups is 1. The maximum absolute atomic E-state index is 11.7. The van der Waals surface area contributed by atoms with E-state index >= 15 is 0 Å². The van der Waals surface area contributed by atoms with Crippen LogP contribution in [0.5, 0.6) is 0 Å². The Bertz CT molecular complexity index is 193. The highest BCUT2D eigenvalue weighted by atomic mass is 16.5. The minimum absolute atomic E-state index is 0.105. The second kappa shape index (κ2) is 4.09. The molecule has 0 aromatic heterocycles. The molecule has 0 aliphatic heterocycles. The van der Waals surface area contributed by atoms with Crippen molar-refractivity contribution >= 4 is 5.91 Å². The molecule has 0 spiro atoms. The van der Waals surface area contributed by atoms with Crippen LogP contribution in [-0.2, 0) is 9.53 Å². The Morgan fingerprint density at radius 1 is 1.62 bits per heavy atom. The molecule has 1 aliphatic rings. The maximum atomic E-state index is 11.7. The lowest BCUT2D eigenvalue weighted by Crippen LogP contribution is -2.33. The Balaban J connectivity index is 2.49. The van der Waals surface area contributed by atoms with Crippen LogP contribution in [-0.4, -0.2) is 26.2 Å². The molecule has 0 aromatic rings. The van der Waals surface area contributed by atoms with Gasteiger partial charge in [-0.3, -0.25) is 4.79 Å². The topological polar surface area (TPSA) is 38.3 Å². The molecular formula is C10H19NO2. The first-order valence-corrected chi connectivity index (χ1v) is 4.98. The normalized spacial score (nSPS) is 31.5. The summed E-state index contributed by atoms with van der Waals surface area (Å²) in [6.45, 7) is 5.46. The maximum Gasteiger partial charge on any atom is 0.226 e. The summed E-state index contributed by atoms with van der Waals surface area (Å²) in [4.78, 5) is 11.7. The predicted octanol–water partition coefficient (Wildman–Crippen LogP) is 1.19. The third-order valence-electron chi connectivity index (χ3n) is 3.02. The molecule has 1 saturated carbocycles. The molecule has 76 valence electrons. The summed E-state index contributed by atoms with van der Waals surface area (Å²) in [7, 11) is 1.69. The number of ether oxygens (including phenoxy) is 1. The summed E-state index contributed by atoms with van der Waals surface area (Å²) in [5, 5.41) is 2.89. The second-order valence-corrected chi connectivity index (χ2v) is 3.73. The van der Waals surface area contributed by atoms with Gasteiger partial charge in [0.15, 0.2) is 0 Å². The van der Waals surface area contributed by atoms with Crippen LogP contribution in [0.1, 0.15) is 26.7 Å². The molecule has 3 nitrogen and oxygen atoms in total. The van der Waals surface area contributed by atoms with Crippen LogP contribution in [0.3, 0.4) is 0 Å². The van der Waals surface area contributed by atoms with Gasteiger partial charge in [-0.15, -0.1) is 0 Å². The molecule has 0 saturated heterocycles. The van der Waals surface area contributed by atoms with E-state index in [0.717, 1.165) is 19.4 Å². The molecule has 1 fully saturated rings. The number of hydrogen-bond donors (Lipinski definition) is 1. The van der Waals surface area contributed by atoms with Gasteiger partial charge in [-0.2, -0.15) is 0 Å². The van der Waals surface area contributed by atoms with Gasteiger partial charge >= 0.3 is 0 Å². The minimum Gasteiger partial charge on any atom is -0.384 e. The smallest absolute Gasteiger partial charge is 0.226 e. The average molecular weight is 185 g/mol. The van der Waals surface area contributed by atoms with E-state index in [9.17, 15) is 4.79 Å². The third kappa shape index (κ3) is 1.85. The van der Waals surface area contributed by atoms with Gasteiger partial charge in [0.2, 0.25) is 5.91 Å². The molecule has 1 amide bonds. The van der Waals surface area contributed by atoms with Gasteiger partial charge in [0.25, 0.3) is 0 Å². The van der Waals surface area contributed by atoms with Crippen LogP contribution in [0, 0.1) is 11.3 Å². The molecule has 0 heterocycles. The highest BCUT2D eigenvalue weighted by molar-refractivity contribution is 5.85. The van der Waals surface area contributed by atoms with E-state index in [1.807, 2.05) is 6.92 Å². The molecule has 0 radical (unpaired) electrons. The third-order valence-corrected chi connectivity index (χ3v) is 3.02. The lowest BCUT2D eigenvalue weighted by molar-refractivity contribution is -0.127. The van der Waals surface area contributed by atoms with Gasteiger partial charge in [-0.1, -0.05) is 6.92 Å². The molecule has 0 aromatic carbocycles. The zero-order valence-corrected chi connectivity index (χ0v) is 8.72. The Kier molecular flexibility index (Phi) is 3.31. The quantitative estimate of drug-likeness (QED) is 0.698. The van der Waals surface area contributed by atoms with Gasteiger partial charge in [0, 0.05) is 13.7 Å². The lowest BCUT2D eigenvalue weighted by Gasteiger charge is -2.13. The summed E-state index contributed by atoms with van der Waals surface area (Å²) < 4.78 is 5.07. The van der Waals surface area contributed by atoms with Crippen molar-refractivity contribution in [3.05, 3.63) is 0 Å². The summed E-state index contributed by atoms with van der Waals surface area (Å²) in [5.41, 5.74) is -0.105. The minimum atomic E-state index is -0.105. The van der Waals surface area contributed by atoms with Crippen LogP contribution in [0.2, 0.25) is 0 Å². The standard InChI is InChI=1S/C10H19NO2/c1-4-10(9(12)11-5-2)6-8(10)7-13-3/h8H,4-7H2,1-3H3,(H,11,12)/t8-,10-/m1/s1. The zero-order valence-electron chi connectivity index (χ0n) is 8.72. The Morgan fingerprint density at radius 3 is 2.77 bits per heavy atom. The monoisotopic (exact) mass is 185 g/mol. The van der Waals surface area contributed by atoms with Crippen LogP contribution < -0.4 is 5.32 Å². The first-order valence-electron chi connectivity index (χ1n) is 4.98. The van der Waals surface area contributed by atoms with E-state index in [2.05, 4.69) is 12.2 Å². The van der Waals surface area contributed by atoms with Gasteiger partial charge in [-0.05, 0) is 25.7 Å². The molecule has 0 bridgehead atoms. The Hall–Kier alpha value is -0.570. The molecule has 3 heteroatoms. The van der Waals surface area contributed by atoms with Crippen molar-refractivity contribution in [3.8, 4) is 0 Å². The summed E-state index contributed by atoms with van der Waals surface area (Å²) in [6, 6.07) is 0. The van der Waals surface area contributed by atoms with Crippen molar-refractivity contribution in [2.45, 2.75) is 26.7 Å². The zero-order chi connectivity index (χ0) is 9.90. The van der Waals surface area contributed by atoms with Crippen molar-refractivity contribution in [1.29, 1.82) is 0 Å². The second-order valence-electron chi connectivity index (χ2n) is 3.73. The fourth-order valence-electron chi connectivity index (χ4n) is 2.01. The largest absolute Gasteiger partial charge is 0.384 e. The summed E-state index contributed by atoms with van der Waals surface area (Å²) >= 11 is 0. The number of hydrogen-bond acceptors (Lipinski definition) is 2. The molecule has 2 atom stereocenters. The molecule has 13 heavy (non-hydrogen) atoms. The van der Waals surface area contributed by atoms with Crippen LogP contribution in [0.15, 0.2) is 0 Å². The van der Waals surface area contributed by atoms with Crippen LogP contribution in [0.4, 0.5) is 0 Å². The van der Waals surface area contributed by atoms with Gasteiger partial charge in [-0.25, -0.2) is 0 Å². The molecule has 1 N–H and O–H groups in total. The summed E-state index contributed by atoms with van der Waals surface area (Å²) in [6.07, 6.45) is 1.91. The summed E-state index contributed by atoms with van der Waals surface area (Å²) in [5.74, 6) is 0.647. The first-order chi connectivity index (χ1) is 6.21. The number of amides is 1. The average Bonchev–Trinajstić information content (AvgIpc) is 2.81. The van der Waals surface area contributed by atoms with Crippen molar-refractivity contribution in [1.82, 2.24) is 5.32 Å². The van der Waals surface area contributed by atoms with Crippen molar-refractivity contribution in [2.75, 3.05) is 20.3 Å². The van der Waals surface area contributed by atoms with Crippen molar-refractivity contribution in [2.24, 2.45) is 11.3 Å². The predicted molar refractivity (Wildman–Crippen MR) is 51.4 cm³/mol. The number of rotatable bonds is 5.